The zero-order chi connectivity index (χ0) is 15.6. The van der Waals surface area contributed by atoms with E-state index in [2.05, 4.69) is 5.92 Å². The van der Waals surface area contributed by atoms with Crippen LogP contribution in [0.3, 0.4) is 0 Å². The molecule has 0 heterocycles. The normalized spacial score (nSPS) is 14.9. The molecule has 1 saturated carbocycles. The van der Waals surface area contributed by atoms with Crippen molar-refractivity contribution >= 4 is 27.6 Å². The van der Waals surface area contributed by atoms with Crippen molar-refractivity contribution in [2.45, 2.75) is 17.7 Å². The fourth-order valence-corrected chi connectivity index (χ4v) is 3.57. The molecule has 0 bridgehead atoms. The highest BCUT2D eigenvalue weighted by Gasteiger charge is 2.31. The molecule has 112 valence electrons. The summed E-state index contributed by atoms with van der Waals surface area (Å²) in [6.45, 7) is 0.321. The number of carbonyl (C=O) groups is 1. The monoisotopic (exact) mass is 327 g/mol. The molecule has 0 aromatic heterocycles. The average molecular weight is 328 g/mol. The second-order valence-corrected chi connectivity index (χ2v) is 7.24. The maximum atomic E-state index is 12.6. The molecule has 1 aromatic rings. The van der Waals surface area contributed by atoms with Crippen LogP contribution in [0.15, 0.2) is 23.1 Å². The summed E-state index contributed by atoms with van der Waals surface area (Å²) in [7, 11) is -3.82. The van der Waals surface area contributed by atoms with Gasteiger partial charge in [0, 0.05) is 6.54 Å². The van der Waals surface area contributed by atoms with Crippen LogP contribution in [0.4, 0.5) is 0 Å². The number of terminal acetylenes is 1. The molecule has 0 atom stereocenters. The molecule has 1 aliphatic carbocycles. The summed E-state index contributed by atoms with van der Waals surface area (Å²) in [6, 6.07) is 3.63. The smallest absolute Gasteiger partial charge is 0.337 e. The van der Waals surface area contributed by atoms with E-state index in [0.29, 0.717) is 12.5 Å². The van der Waals surface area contributed by atoms with E-state index in [1.807, 2.05) is 0 Å². The number of aromatic carboxylic acids is 1. The Morgan fingerprint density at radius 2 is 2.14 bits per heavy atom. The minimum absolute atomic E-state index is 0.00728. The summed E-state index contributed by atoms with van der Waals surface area (Å²) in [4.78, 5) is 10.9. The standard InChI is InChI=1S/C14H14ClNO4S/c1-2-7-16(9-10-3-4-10)21(19,20)11-5-6-13(15)12(8-11)14(17)18/h1,5-6,8,10H,3-4,7,9H2,(H,17,18). The highest BCUT2D eigenvalue weighted by molar-refractivity contribution is 7.89. The molecule has 0 saturated heterocycles. The van der Waals surface area contributed by atoms with E-state index < -0.39 is 16.0 Å². The van der Waals surface area contributed by atoms with Crippen molar-refractivity contribution in [3.05, 3.63) is 28.8 Å². The number of carboxylic acid groups (broad SMARTS) is 1. The van der Waals surface area contributed by atoms with Gasteiger partial charge in [-0.1, -0.05) is 17.5 Å². The van der Waals surface area contributed by atoms with Gasteiger partial charge in [0.1, 0.15) is 0 Å². The number of benzene rings is 1. The summed E-state index contributed by atoms with van der Waals surface area (Å²) >= 11 is 5.75. The molecule has 1 N–H and O–H groups in total. The van der Waals surface area contributed by atoms with Crippen LogP contribution in [-0.4, -0.2) is 36.9 Å². The molecule has 0 aliphatic heterocycles. The number of nitrogens with zero attached hydrogens (tertiary/aromatic N) is 1. The van der Waals surface area contributed by atoms with Gasteiger partial charge in [-0.05, 0) is 37.0 Å². The molecule has 0 radical (unpaired) electrons. The highest BCUT2D eigenvalue weighted by Crippen LogP contribution is 2.32. The number of rotatable bonds is 6. The van der Waals surface area contributed by atoms with Crippen molar-refractivity contribution in [3.8, 4) is 12.3 Å². The zero-order valence-electron chi connectivity index (χ0n) is 11.1. The van der Waals surface area contributed by atoms with Crippen LogP contribution in [0.1, 0.15) is 23.2 Å². The van der Waals surface area contributed by atoms with Crippen molar-refractivity contribution in [2.24, 2.45) is 5.92 Å². The van der Waals surface area contributed by atoms with Gasteiger partial charge in [-0.2, -0.15) is 4.31 Å². The van der Waals surface area contributed by atoms with Gasteiger partial charge in [-0.15, -0.1) is 6.42 Å². The summed E-state index contributed by atoms with van der Waals surface area (Å²) in [5.74, 6) is 1.39. The Morgan fingerprint density at radius 3 is 2.67 bits per heavy atom. The Balaban J connectivity index is 2.39. The second-order valence-electron chi connectivity index (χ2n) is 4.89. The van der Waals surface area contributed by atoms with Crippen molar-refractivity contribution in [1.82, 2.24) is 4.31 Å². The maximum absolute atomic E-state index is 12.6. The van der Waals surface area contributed by atoms with Crippen LogP contribution in [0.5, 0.6) is 0 Å². The molecular formula is C14H14ClNO4S. The molecule has 2 rings (SSSR count). The van der Waals surface area contributed by atoms with Gasteiger partial charge in [-0.25, -0.2) is 13.2 Å². The van der Waals surface area contributed by atoms with E-state index in [-0.39, 0.29) is 22.0 Å². The topological polar surface area (TPSA) is 74.7 Å². The van der Waals surface area contributed by atoms with Gasteiger partial charge >= 0.3 is 5.97 Å². The highest BCUT2D eigenvalue weighted by atomic mass is 35.5. The quantitative estimate of drug-likeness (QED) is 0.812. The van der Waals surface area contributed by atoms with E-state index in [9.17, 15) is 13.2 Å². The first-order chi connectivity index (χ1) is 9.86. The predicted octanol–water partition coefficient (Wildman–Crippen LogP) is 2.07. The Hall–Kier alpha value is -1.55. The molecular weight excluding hydrogens is 314 g/mol. The predicted molar refractivity (Wildman–Crippen MR) is 78.7 cm³/mol. The number of halogens is 1. The van der Waals surface area contributed by atoms with Crippen LogP contribution < -0.4 is 0 Å². The van der Waals surface area contributed by atoms with Crippen LogP contribution in [0, 0.1) is 18.3 Å². The number of carboxylic acids is 1. The summed E-state index contributed by atoms with van der Waals surface area (Å²) in [5, 5.41) is 9.02. The lowest BCUT2D eigenvalue weighted by Gasteiger charge is -2.20. The van der Waals surface area contributed by atoms with Crippen molar-refractivity contribution in [3.63, 3.8) is 0 Å². The fraction of sp³-hybridized carbons (Fsp3) is 0.357. The minimum atomic E-state index is -3.82. The number of hydrogen-bond donors (Lipinski definition) is 1. The van der Waals surface area contributed by atoms with Crippen molar-refractivity contribution in [1.29, 1.82) is 0 Å². The Labute approximate surface area is 128 Å². The Kier molecular flexibility index (Phi) is 4.57. The van der Waals surface area contributed by atoms with E-state index in [1.165, 1.54) is 16.4 Å². The van der Waals surface area contributed by atoms with Crippen LogP contribution in [0.2, 0.25) is 5.02 Å². The Bertz CT molecular complexity index is 704. The van der Waals surface area contributed by atoms with Gasteiger partial charge in [0.2, 0.25) is 10.0 Å². The molecule has 1 aromatic carbocycles. The van der Waals surface area contributed by atoms with Crippen molar-refractivity contribution in [2.75, 3.05) is 13.1 Å². The summed E-state index contributed by atoms with van der Waals surface area (Å²) in [5.41, 5.74) is -0.246. The van der Waals surface area contributed by atoms with E-state index in [1.54, 1.807) is 0 Å². The largest absolute Gasteiger partial charge is 0.478 e. The minimum Gasteiger partial charge on any atom is -0.478 e. The lowest BCUT2D eigenvalue weighted by molar-refractivity contribution is 0.0697. The second kappa shape index (κ2) is 6.06. The van der Waals surface area contributed by atoms with E-state index >= 15 is 0 Å². The third-order valence-electron chi connectivity index (χ3n) is 3.23. The first-order valence-corrected chi connectivity index (χ1v) is 8.14. The third kappa shape index (κ3) is 3.56. The van der Waals surface area contributed by atoms with Gasteiger partial charge in [0.25, 0.3) is 0 Å². The maximum Gasteiger partial charge on any atom is 0.337 e. The van der Waals surface area contributed by atoms with Gasteiger partial charge in [0.15, 0.2) is 0 Å². The zero-order valence-corrected chi connectivity index (χ0v) is 12.7. The molecule has 7 heteroatoms. The van der Waals surface area contributed by atoms with Gasteiger partial charge in [0.05, 0.1) is 22.0 Å². The molecule has 1 fully saturated rings. The third-order valence-corrected chi connectivity index (χ3v) is 5.37. The van der Waals surface area contributed by atoms with Crippen LogP contribution >= 0.6 is 11.6 Å². The van der Waals surface area contributed by atoms with Crippen LogP contribution in [-0.2, 0) is 10.0 Å². The fourth-order valence-electron chi connectivity index (χ4n) is 1.92. The van der Waals surface area contributed by atoms with E-state index in [4.69, 9.17) is 23.1 Å². The molecule has 0 amide bonds. The average Bonchev–Trinajstić information content (AvgIpc) is 3.22. The summed E-state index contributed by atoms with van der Waals surface area (Å²) in [6.07, 6.45) is 7.20. The lowest BCUT2D eigenvalue weighted by Crippen LogP contribution is -2.33. The molecule has 5 nitrogen and oxygen atoms in total. The number of hydrogen-bond acceptors (Lipinski definition) is 3. The number of sulfonamides is 1. The molecule has 0 unspecified atom stereocenters. The molecule has 0 spiro atoms. The Morgan fingerprint density at radius 1 is 1.48 bits per heavy atom. The van der Waals surface area contributed by atoms with Crippen molar-refractivity contribution < 1.29 is 18.3 Å². The van der Waals surface area contributed by atoms with E-state index in [0.717, 1.165) is 18.9 Å². The van der Waals surface area contributed by atoms with Gasteiger partial charge in [-0.3, -0.25) is 0 Å². The molecule has 1 aliphatic rings. The first-order valence-electron chi connectivity index (χ1n) is 6.32. The first kappa shape index (κ1) is 15.8. The molecule has 21 heavy (non-hydrogen) atoms. The van der Waals surface area contributed by atoms with Gasteiger partial charge < -0.3 is 5.11 Å². The SMILES string of the molecule is C#CCN(CC1CC1)S(=O)(=O)c1ccc(Cl)c(C(=O)O)c1. The lowest BCUT2D eigenvalue weighted by atomic mass is 10.2. The van der Waals surface area contributed by atoms with Crippen LogP contribution in [0.25, 0.3) is 0 Å². The summed E-state index contributed by atoms with van der Waals surface area (Å²) < 4.78 is 26.3.